The van der Waals surface area contributed by atoms with Crippen LogP contribution in [0.1, 0.15) is 24.5 Å². The molecule has 7 heteroatoms. The number of rotatable bonds is 2. The summed E-state index contributed by atoms with van der Waals surface area (Å²) in [5.74, 6) is -0.397. The number of fused-ring (bicyclic) bond motifs is 1. The second-order valence-electron chi connectivity index (χ2n) is 4.24. The molecule has 102 valence electrons. The first-order chi connectivity index (χ1) is 8.63. The van der Waals surface area contributed by atoms with Crippen molar-refractivity contribution < 1.29 is 26.4 Å². The molecule has 0 N–H and O–H groups in total. The average Bonchev–Trinajstić information content (AvgIpc) is 2.48. The summed E-state index contributed by atoms with van der Waals surface area (Å²) in [5.41, 5.74) is -1.53. The number of Topliss-reactive ketones (excluding diaryl/α,β-unsaturated/α-hetero) is 1. The third-order valence-corrected chi connectivity index (χ3v) is 4.24. The van der Waals surface area contributed by atoms with Crippen LogP contribution in [0.5, 0.6) is 0 Å². The zero-order valence-electron chi connectivity index (χ0n) is 9.78. The van der Waals surface area contributed by atoms with Crippen molar-refractivity contribution in [1.29, 1.82) is 0 Å². The number of hydrogen-bond donors (Lipinski definition) is 0. The van der Waals surface area contributed by atoms with E-state index in [-0.39, 0.29) is 12.0 Å². The summed E-state index contributed by atoms with van der Waals surface area (Å²) in [6.07, 6.45) is -5.00. The van der Waals surface area contributed by atoms with Gasteiger partial charge in [0.15, 0.2) is 0 Å². The van der Waals surface area contributed by atoms with Crippen molar-refractivity contribution in [2.24, 2.45) is 0 Å². The van der Waals surface area contributed by atoms with Crippen LogP contribution in [0.3, 0.4) is 0 Å². The topological polar surface area (TPSA) is 51.2 Å². The second-order valence-corrected chi connectivity index (χ2v) is 6.01. The van der Waals surface area contributed by atoms with Gasteiger partial charge in [0.2, 0.25) is 9.84 Å². The number of ketones is 1. The summed E-state index contributed by atoms with van der Waals surface area (Å²) in [6, 6.07) is 2.97. The number of sulfone groups is 1. The van der Waals surface area contributed by atoms with E-state index in [1.165, 1.54) is 6.92 Å². The molecular weight excluding hydrogens is 281 g/mol. The third-order valence-electron chi connectivity index (χ3n) is 2.70. The van der Waals surface area contributed by atoms with Gasteiger partial charge in [-0.05, 0) is 24.6 Å². The number of benzene rings is 1. The molecule has 2 rings (SSSR count). The van der Waals surface area contributed by atoms with Crippen LogP contribution in [0.4, 0.5) is 13.2 Å². The van der Waals surface area contributed by atoms with Gasteiger partial charge in [-0.2, -0.15) is 13.2 Å². The first-order valence-corrected chi connectivity index (χ1v) is 6.83. The Labute approximate surface area is 107 Å². The van der Waals surface area contributed by atoms with Crippen molar-refractivity contribution in [2.75, 3.05) is 0 Å². The molecule has 0 saturated heterocycles. The Morgan fingerprint density at radius 1 is 1.26 bits per heavy atom. The first kappa shape index (κ1) is 13.8. The Morgan fingerprint density at radius 2 is 1.89 bits per heavy atom. The Balaban J connectivity index is 2.74. The minimum absolute atomic E-state index is 0.101. The van der Waals surface area contributed by atoms with E-state index in [4.69, 9.17) is 0 Å². The highest BCUT2D eigenvalue weighted by atomic mass is 32.2. The number of halogens is 3. The molecule has 1 aliphatic rings. The van der Waals surface area contributed by atoms with Gasteiger partial charge in [-0.3, -0.25) is 4.79 Å². The number of hydrogen-bond acceptors (Lipinski definition) is 3. The monoisotopic (exact) mass is 290 g/mol. The van der Waals surface area contributed by atoms with Gasteiger partial charge in [-0.25, -0.2) is 8.42 Å². The van der Waals surface area contributed by atoms with Gasteiger partial charge in [0.1, 0.15) is 5.78 Å². The molecule has 0 saturated carbocycles. The number of carbonyl (C=O) groups is 1. The van der Waals surface area contributed by atoms with Crippen LogP contribution in [0.2, 0.25) is 0 Å². The normalized spacial score (nSPS) is 16.9. The molecule has 0 amide bonds. The van der Waals surface area contributed by atoms with Crippen molar-refractivity contribution >= 4 is 21.2 Å². The molecule has 19 heavy (non-hydrogen) atoms. The van der Waals surface area contributed by atoms with Crippen LogP contribution in [0.25, 0.3) is 5.57 Å². The van der Waals surface area contributed by atoms with E-state index in [0.717, 1.165) is 23.6 Å². The van der Waals surface area contributed by atoms with Crippen LogP contribution in [-0.4, -0.2) is 14.2 Å². The second kappa shape index (κ2) is 4.19. The number of allylic oxidation sites excluding steroid dienone is 1. The third kappa shape index (κ3) is 2.42. The SMILES string of the molecule is CC(=O)CC1=CS(=O)(=O)c2cccc(C(F)(F)F)c21. The molecule has 3 nitrogen and oxygen atoms in total. The fourth-order valence-corrected chi connectivity index (χ4v) is 3.54. The predicted octanol–water partition coefficient (Wildman–Crippen LogP) is 2.81. The quantitative estimate of drug-likeness (QED) is 0.841. The van der Waals surface area contributed by atoms with Crippen molar-refractivity contribution in [1.82, 2.24) is 0 Å². The molecule has 1 aromatic rings. The lowest BCUT2D eigenvalue weighted by molar-refractivity contribution is -0.138. The highest BCUT2D eigenvalue weighted by Crippen LogP contribution is 2.43. The molecule has 0 aliphatic carbocycles. The molecule has 0 fully saturated rings. The van der Waals surface area contributed by atoms with Gasteiger partial charge < -0.3 is 0 Å². The molecule has 1 aliphatic heterocycles. The van der Waals surface area contributed by atoms with Crippen molar-refractivity contribution in [3.8, 4) is 0 Å². The molecule has 0 radical (unpaired) electrons. The van der Waals surface area contributed by atoms with E-state index >= 15 is 0 Å². The van der Waals surface area contributed by atoms with Crippen LogP contribution in [0, 0.1) is 0 Å². The summed E-state index contributed by atoms with van der Waals surface area (Å²) < 4.78 is 62.2. The zero-order valence-corrected chi connectivity index (χ0v) is 10.6. The largest absolute Gasteiger partial charge is 0.417 e. The average molecular weight is 290 g/mol. The fraction of sp³-hybridized carbons (Fsp3) is 0.250. The van der Waals surface area contributed by atoms with Crippen molar-refractivity contribution in [3.05, 3.63) is 34.7 Å². The standard InChI is InChI=1S/C12H9F3O3S/c1-7(16)5-8-6-19(17,18)10-4-2-3-9(11(8)10)12(13,14)15/h2-4,6H,5H2,1H3. The Bertz CT molecular complexity index is 685. The summed E-state index contributed by atoms with van der Waals surface area (Å²) in [6.45, 7) is 1.20. The fourth-order valence-electron chi connectivity index (χ4n) is 2.04. The van der Waals surface area contributed by atoms with Gasteiger partial charge in [-0.1, -0.05) is 6.07 Å². The molecule has 0 unspecified atom stereocenters. The molecule has 0 atom stereocenters. The molecule has 1 aromatic carbocycles. The predicted molar refractivity (Wildman–Crippen MR) is 61.9 cm³/mol. The number of carbonyl (C=O) groups excluding carboxylic acids is 1. The molecule has 0 aromatic heterocycles. The maximum absolute atomic E-state index is 12.9. The van der Waals surface area contributed by atoms with E-state index in [1.54, 1.807) is 0 Å². The number of alkyl halides is 3. The van der Waals surface area contributed by atoms with E-state index in [1.807, 2.05) is 0 Å². The minimum atomic E-state index is -4.67. The maximum Gasteiger partial charge on any atom is 0.417 e. The Morgan fingerprint density at radius 3 is 2.42 bits per heavy atom. The first-order valence-electron chi connectivity index (χ1n) is 5.28. The van der Waals surface area contributed by atoms with Gasteiger partial charge in [0, 0.05) is 17.4 Å². The van der Waals surface area contributed by atoms with Crippen LogP contribution in [0.15, 0.2) is 28.5 Å². The molecule has 0 spiro atoms. The van der Waals surface area contributed by atoms with E-state index < -0.39 is 37.8 Å². The van der Waals surface area contributed by atoms with E-state index in [9.17, 15) is 26.4 Å². The zero-order chi connectivity index (χ0) is 14.4. The highest BCUT2D eigenvalue weighted by molar-refractivity contribution is 7.95. The van der Waals surface area contributed by atoms with Gasteiger partial charge >= 0.3 is 6.18 Å². The summed E-state index contributed by atoms with van der Waals surface area (Å²) in [5, 5.41) is 0.744. The lowest BCUT2D eigenvalue weighted by Crippen LogP contribution is -2.10. The Hall–Kier alpha value is -1.63. The smallest absolute Gasteiger partial charge is 0.300 e. The lowest BCUT2D eigenvalue weighted by Gasteiger charge is -2.13. The van der Waals surface area contributed by atoms with Gasteiger partial charge in [-0.15, -0.1) is 0 Å². The summed E-state index contributed by atoms with van der Waals surface area (Å²) >= 11 is 0. The molecule has 1 heterocycles. The van der Waals surface area contributed by atoms with Crippen LogP contribution in [-0.2, 0) is 20.8 Å². The minimum Gasteiger partial charge on any atom is -0.300 e. The lowest BCUT2D eigenvalue weighted by atomic mass is 9.97. The van der Waals surface area contributed by atoms with Crippen molar-refractivity contribution in [2.45, 2.75) is 24.4 Å². The highest BCUT2D eigenvalue weighted by Gasteiger charge is 2.39. The molecular formula is C12H9F3O3S. The van der Waals surface area contributed by atoms with Gasteiger partial charge in [0.05, 0.1) is 10.5 Å². The van der Waals surface area contributed by atoms with Crippen LogP contribution < -0.4 is 0 Å². The van der Waals surface area contributed by atoms with Crippen LogP contribution >= 0.6 is 0 Å². The van der Waals surface area contributed by atoms with E-state index in [0.29, 0.717) is 0 Å². The van der Waals surface area contributed by atoms with E-state index in [2.05, 4.69) is 0 Å². The summed E-state index contributed by atoms with van der Waals surface area (Å²) in [4.78, 5) is 10.7. The molecule has 0 bridgehead atoms. The van der Waals surface area contributed by atoms with Crippen molar-refractivity contribution in [3.63, 3.8) is 0 Å². The maximum atomic E-state index is 12.9. The Kier molecular flexibility index (Phi) is 3.04. The summed E-state index contributed by atoms with van der Waals surface area (Å²) in [7, 11) is -3.90. The van der Waals surface area contributed by atoms with Gasteiger partial charge in [0.25, 0.3) is 0 Å².